The van der Waals surface area contributed by atoms with Gasteiger partial charge in [-0.1, -0.05) is 0 Å². The predicted octanol–water partition coefficient (Wildman–Crippen LogP) is -0.298. The van der Waals surface area contributed by atoms with Crippen molar-refractivity contribution in [3.8, 4) is 0 Å². The first kappa shape index (κ1) is 9.34. The molecule has 0 amide bonds. The number of carboxylic acid groups (broad SMARTS) is 1. The Bertz CT molecular complexity index is 54.0. The minimum absolute atomic E-state index is 0.500. The maximum Gasteiger partial charge on any atom is 0.414 e. The number of hydrogen-bond acceptors (Lipinski definition) is 2. The number of carboxylic acids is 1. The van der Waals surface area contributed by atoms with Crippen LogP contribution in [0, 0.1) is 0 Å². The predicted molar refractivity (Wildman–Crippen MR) is 21.6 cm³/mol. The molecule has 0 saturated carbocycles. The van der Waals surface area contributed by atoms with Crippen LogP contribution in [0.5, 0.6) is 0 Å². The van der Waals surface area contributed by atoms with Gasteiger partial charge in [0.2, 0.25) is 0 Å². The van der Waals surface area contributed by atoms with E-state index in [0.717, 1.165) is 6.92 Å². The molecule has 0 rings (SSSR count). The molecule has 4 nitrogen and oxygen atoms in total. The average Bonchev–Trinajstić information content (AvgIpc) is 1.33. The second kappa shape index (κ2) is 8.87. The third-order valence-electron chi connectivity index (χ3n) is 0. The molecule has 0 unspecified atom stereocenters. The fourth-order valence-corrected chi connectivity index (χ4v) is 0. The van der Waals surface area contributed by atoms with E-state index in [2.05, 4.69) is 0 Å². The van der Waals surface area contributed by atoms with E-state index in [1.807, 2.05) is 0 Å². The molecule has 0 saturated heterocycles. The Balaban J connectivity index is 0. The van der Waals surface area contributed by atoms with Gasteiger partial charge in [0.05, 0.1) is 0 Å². The molecule has 4 heteroatoms. The van der Waals surface area contributed by atoms with Crippen LogP contribution < -0.4 is 0 Å². The van der Waals surface area contributed by atoms with E-state index in [4.69, 9.17) is 19.8 Å². The number of aliphatic hydroxyl groups excluding tert-OH is 1. The lowest BCUT2D eigenvalue weighted by molar-refractivity contribution is -0.134. The van der Waals surface area contributed by atoms with E-state index in [-0.39, 0.29) is 0 Å². The van der Waals surface area contributed by atoms with Gasteiger partial charge in [-0.15, -0.1) is 0 Å². The van der Waals surface area contributed by atoms with Gasteiger partial charge in [0.15, 0.2) is 0 Å². The van der Waals surface area contributed by atoms with Crippen LogP contribution in [0.4, 0.5) is 0 Å². The highest BCUT2D eigenvalue weighted by atomic mass is 16.4. The second-order valence-corrected chi connectivity index (χ2v) is 0.610. The van der Waals surface area contributed by atoms with Crippen LogP contribution in [-0.2, 0) is 9.59 Å². The highest BCUT2D eigenvalue weighted by molar-refractivity contribution is 5.62. The maximum atomic E-state index is 9.00. The lowest BCUT2D eigenvalue weighted by Crippen LogP contribution is -1.78. The standard InChI is InChI=1S/C2H4O2.CHO2/c1-2(3)4;2-1-3/h1H3,(H,3,4);(H,2,3). The number of carbonyl (C=O) groups is 1. The zero-order valence-electron chi connectivity index (χ0n) is 3.71. The van der Waals surface area contributed by atoms with E-state index in [1.165, 1.54) is 0 Å². The molecular formula is C3H5O4. The van der Waals surface area contributed by atoms with Gasteiger partial charge < -0.3 is 10.2 Å². The molecule has 0 fully saturated rings. The third-order valence-corrected chi connectivity index (χ3v) is 0. The summed E-state index contributed by atoms with van der Waals surface area (Å²) in [6.45, 7) is 1.58. The monoisotopic (exact) mass is 105 g/mol. The largest absolute Gasteiger partial charge is 0.481 e. The molecule has 0 aliphatic rings. The van der Waals surface area contributed by atoms with Crippen molar-refractivity contribution in [3.63, 3.8) is 0 Å². The van der Waals surface area contributed by atoms with Crippen LogP contribution in [0.2, 0.25) is 0 Å². The van der Waals surface area contributed by atoms with Gasteiger partial charge in [-0.05, 0) is 0 Å². The van der Waals surface area contributed by atoms with E-state index in [0.29, 0.717) is 6.47 Å². The Morgan fingerprint density at radius 1 is 1.71 bits per heavy atom. The van der Waals surface area contributed by atoms with Crippen LogP contribution >= 0.6 is 0 Å². The van der Waals surface area contributed by atoms with Crippen LogP contribution in [0.15, 0.2) is 0 Å². The molecule has 0 heterocycles. The Morgan fingerprint density at radius 3 is 1.71 bits per heavy atom. The van der Waals surface area contributed by atoms with Crippen LogP contribution in [0.3, 0.4) is 0 Å². The number of rotatable bonds is 0. The fourth-order valence-electron chi connectivity index (χ4n) is 0. The summed E-state index contributed by atoms with van der Waals surface area (Å²) in [5.41, 5.74) is 0. The first-order valence-electron chi connectivity index (χ1n) is 1.36. The molecule has 0 aromatic heterocycles. The molecule has 7 heavy (non-hydrogen) atoms. The van der Waals surface area contributed by atoms with Crippen molar-refractivity contribution in [2.75, 3.05) is 0 Å². The lowest BCUT2D eigenvalue weighted by atomic mass is 10.9. The Hall–Kier alpha value is -1.06. The van der Waals surface area contributed by atoms with Crippen molar-refractivity contribution in [2.24, 2.45) is 0 Å². The number of hydrogen-bond donors (Lipinski definition) is 2. The first-order chi connectivity index (χ1) is 3.15. The summed E-state index contributed by atoms with van der Waals surface area (Å²) in [7, 11) is 0. The Morgan fingerprint density at radius 2 is 1.71 bits per heavy atom. The summed E-state index contributed by atoms with van der Waals surface area (Å²) in [6.07, 6.45) is 0. The molecule has 0 aromatic rings. The van der Waals surface area contributed by atoms with Gasteiger partial charge in [0.25, 0.3) is 5.97 Å². The van der Waals surface area contributed by atoms with Gasteiger partial charge >= 0.3 is 6.47 Å². The van der Waals surface area contributed by atoms with E-state index in [1.54, 1.807) is 0 Å². The van der Waals surface area contributed by atoms with Crippen LogP contribution in [0.1, 0.15) is 6.92 Å². The van der Waals surface area contributed by atoms with Gasteiger partial charge in [0, 0.05) is 6.92 Å². The Labute approximate surface area is 40.4 Å². The van der Waals surface area contributed by atoms with Crippen molar-refractivity contribution < 1.29 is 19.8 Å². The molecule has 0 spiro atoms. The molecule has 1 radical (unpaired) electrons. The smallest absolute Gasteiger partial charge is 0.414 e. The fraction of sp³-hybridized carbons (Fsp3) is 0.333. The van der Waals surface area contributed by atoms with Crippen molar-refractivity contribution in [2.45, 2.75) is 6.92 Å². The highest BCUT2D eigenvalue weighted by Crippen LogP contribution is 1.42. The van der Waals surface area contributed by atoms with Gasteiger partial charge in [0.1, 0.15) is 0 Å². The molecular weight excluding hydrogens is 100 g/mol. The summed E-state index contributed by atoms with van der Waals surface area (Å²) in [5.74, 6) is -0.833. The van der Waals surface area contributed by atoms with E-state index in [9.17, 15) is 0 Å². The normalized spacial score (nSPS) is 5.29. The zero-order chi connectivity index (χ0) is 6.28. The molecule has 41 valence electrons. The van der Waals surface area contributed by atoms with Gasteiger partial charge in [-0.3, -0.25) is 4.79 Å². The van der Waals surface area contributed by atoms with Crippen molar-refractivity contribution >= 4 is 12.4 Å². The molecule has 0 aliphatic heterocycles. The molecule has 0 bridgehead atoms. The maximum absolute atomic E-state index is 9.00. The molecule has 0 aromatic carbocycles. The average molecular weight is 105 g/mol. The summed E-state index contributed by atoms with van der Waals surface area (Å²) in [6, 6.07) is 0. The van der Waals surface area contributed by atoms with E-state index < -0.39 is 5.97 Å². The quantitative estimate of drug-likeness (QED) is 0.443. The highest BCUT2D eigenvalue weighted by Gasteiger charge is 1.65. The summed E-state index contributed by atoms with van der Waals surface area (Å²) >= 11 is 0. The zero-order valence-corrected chi connectivity index (χ0v) is 3.71. The summed E-state index contributed by atoms with van der Waals surface area (Å²) < 4.78 is 0. The van der Waals surface area contributed by atoms with Crippen molar-refractivity contribution in [3.05, 3.63) is 0 Å². The SMILES string of the molecule is CC(=O)O.O=[C]O. The topological polar surface area (TPSA) is 74.6 Å². The molecule has 2 N–H and O–H groups in total. The minimum atomic E-state index is -0.833. The van der Waals surface area contributed by atoms with Gasteiger partial charge in [-0.25, -0.2) is 4.79 Å². The molecule has 0 atom stereocenters. The number of aliphatic carboxylic acids is 1. The summed E-state index contributed by atoms with van der Waals surface area (Å²) in [5, 5.41) is 14.2. The summed E-state index contributed by atoms with van der Waals surface area (Å²) in [4.78, 5) is 17.2. The second-order valence-electron chi connectivity index (χ2n) is 0.610. The van der Waals surface area contributed by atoms with Crippen LogP contribution in [0.25, 0.3) is 0 Å². The van der Waals surface area contributed by atoms with E-state index >= 15 is 0 Å². The lowest BCUT2D eigenvalue weighted by Gasteiger charge is -1.59. The molecule has 0 aliphatic carbocycles. The van der Waals surface area contributed by atoms with Crippen LogP contribution in [-0.4, -0.2) is 22.7 Å². The Kier molecular flexibility index (Phi) is 11.8. The van der Waals surface area contributed by atoms with Gasteiger partial charge in [-0.2, -0.15) is 0 Å². The minimum Gasteiger partial charge on any atom is -0.481 e. The van der Waals surface area contributed by atoms with Crippen molar-refractivity contribution in [1.29, 1.82) is 0 Å². The third kappa shape index (κ3) is 38.0. The van der Waals surface area contributed by atoms with Crippen molar-refractivity contribution in [1.82, 2.24) is 0 Å². The first-order valence-corrected chi connectivity index (χ1v) is 1.36.